The van der Waals surface area contributed by atoms with Crippen molar-refractivity contribution in [3.05, 3.63) is 40.2 Å². The van der Waals surface area contributed by atoms with Gasteiger partial charge >= 0.3 is 11.9 Å². The molecule has 1 aliphatic rings. The minimum absolute atomic E-state index is 0.0236. The van der Waals surface area contributed by atoms with Gasteiger partial charge in [0.15, 0.2) is 5.82 Å². The molecule has 9 N–H and O–H groups in total. The average Bonchev–Trinajstić information content (AvgIpc) is 2.76. The van der Waals surface area contributed by atoms with Crippen molar-refractivity contribution in [3.8, 4) is 0 Å². The minimum atomic E-state index is -1.30. The number of carbonyl (C=O) groups is 3. The fourth-order valence-electron chi connectivity index (χ4n) is 3.27. The summed E-state index contributed by atoms with van der Waals surface area (Å²) in [6, 6.07) is 5.06. The summed E-state index contributed by atoms with van der Waals surface area (Å²) in [6.45, 7) is 2.80. The number of aromatic amines is 1. The third-order valence-corrected chi connectivity index (χ3v) is 5.09. The second-order valence-electron chi connectivity index (χ2n) is 7.94. The van der Waals surface area contributed by atoms with Crippen molar-refractivity contribution in [1.29, 1.82) is 0 Å². The first-order chi connectivity index (χ1) is 15.6. The van der Waals surface area contributed by atoms with Crippen LogP contribution >= 0.6 is 0 Å². The molecule has 33 heavy (non-hydrogen) atoms. The highest BCUT2D eigenvalue weighted by atomic mass is 16.4. The number of carboxylic acids is 2. The van der Waals surface area contributed by atoms with Crippen molar-refractivity contribution < 1.29 is 24.6 Å². The van der Waals surface area contributed by atoms with Gasteiger partial charge in [-0.2, -0.15) is 4.98 Å². The Balaban J connectivity index is 1.59. The maximum absolute atomic E-state index is 12.3. The first kappa shape index (κ1) is 23.4. The largest absolute Gasteiger partial charge is 0.481 e. The van der Waals surface area contributed by atoms with E-state index < -0.39 is 29.4 Å². The van der Waals surface area contributed by atoms with Gasteiger partial charge in [0.1, 0.15) is 11.7 Å². The van der Waals surface area contributed by atoms with Crippen LogP contribution in [0.5, 0.6) is 0 Å². The molecule has 0 aliphatic carbocycles. The van der Waals surface area contributed by atoms with Crippen molar-refractivity contribution in [2.75, 3.05) is 34.8 Å². The van der Waals surface area contributed by atoms with Gasteiger partial charge in [-0.05, 0) is 37.6 Å². The normalized spacial score (nSPS) is 17.6. The maximum Gasteiger partial charge on any atom is 0.326 e. The van der Waals surface area contributed by atoms with Crippen molar-refractivity contribution in [1.82, 2.24) is 15.3 Å². The molecular formula is C20H25N7O6. The lowest BCUT2D eigenvalue weighted by atomic mass is 9.99. The number of fused-ring (bicyclic) bond motifs is 1. The number of benzene rings is 1. The van der Waals surface area contributed by atoms with E-state index in [1.54, 1.807) is 12.1 Å². The van der Waals surface area contributed by atoms with Crippen LogP contribution in [-0.2, 0) is 9.59 Å². The number of aliphatic carboxylic acids is 2. The molecule has 3 rings (SSSR count). The van der Waals surface area contributed by atoms with Gasteiger partial charge in [0.2, 0.25) is 5.95 Å². The van der Waals surface area contributed by atoms with E-state index in [0.717, 1.165) is 0 Å². The number of H-pyrrole nitrogens is 1. The zero-order valence-corrected chi connectivity index (χ0v) is 17.8. The summed E-state index contributed by atoms with van der Waals surface area (Å²) in [5.74, 6) is -2.66. The van der Waals surface area contributed by atoms with E-state index in [4.69, 9.17) is 10.8 Å². The number of carboxylic acid groups (broad SMARTS) is 2. The number of aromatic nitrogens is 2. The SMILES string of the molecule is C[C@]1(CNc2ccc(C(=O)NC(CCC(=O)O)C(=O)O)cc2)CNc2nc(N)[nH]c(=O)c2N1. The Kier molecular flexibility index (Phi) is 6.70. The number of anilines is 4. The van der Waals surface area contributed by atoms with Gasteiger partial charge in [-0.15, -0.1) is 0 Å². The molecule has 13 nitrogen and oxygen atoms in total. The monoisotopic (exact) mass is 459 g/mol. The lowest BCUT2D eigenvalue weighted by Crippen LogP contribution is -2.52. The van der Waals surface area contributed by atoms with Crippen LogP contribution in [0, 0.1) is 0 Å². The highest BCUT2D eigenvalue weighted by Gasteiger charge is 2.31. The maximum atomic E-state index is 12.3. The van der Waals surface area contributed by atoms with Gasteiger partial charge in [0.25, 0.3) is 11.5 Å². The number of nitrogen functional groups attached to an aromatic ring is 1. The Morgan fingerprint density at radius 2 is 1.94 bits per heavy atom. The van der Waals surface area contributed by atoms with Crippen LogP contribution in [0.3, 0.4) is 0 Å². The molecule has 1 unspecified atom stereocenters. The van der Waals surface area contributed by atoms with Crippen LogP contribution in [0.25, 0.3) is 0 Å². The van der Waals surface area contributed by atoms with E-state index in [2.05, 4.69) is 31.2 Å². The predicted molar refractivity (Wildman–Crippen MR) is 120 cm³/mol. The van der Waals surface area contributed by atoms with Gasteiger partial charge in [-0.1, -0.05) is 0 Å². The molecule has 176 valence electrons. The topological polar surface area (TPSA) is 212 Å². The smallest absolute Gasteiger partial charge is 0.326 e. The number of rotatable bonds is 9. The zero-order valence-electron chi connectivity index (χ0n) is 17.8. The van der Waals surface area contributed by atoms with Crippen LogP contribution in [0.1, 0.15) is 30.1 Å². The third-order valence-electron chi connectivity index (χ3n) is 5.09. The molecule has 0 fully saturated rings. The summed E-state index contributed by atoms with van der Waals surface area (Å²) >= 11 is 0. The molecule has 1 aromatic heterocycles. The van der Waals surface area contributed by atoms with E-state index in [9.17, 15) is 24.3 Å². The molecular weight excluding hydrogens is 434 g/mol. The number of nitrogens with two attached hydrogens (primary N) is 1. The van der Waals surface area contributed by atoms with Gasteiger partial charge in [0, 0.05) is 30.8 Å². The number of hydrogen-bond donors (Lipinski definition) is 8. The molecule has 2 aromatic rings. The lowest BCUT2D eigenvalue weighted by Gasteiger charge is -2.37. The summed E-state index contributed by atoms with van der Waals surface area (Å²) in [4.78, 5) is 52.9. The molecule has 1 aromatic carbocycles. The summed E-state index contributed by atoms with van der Waals surface area (Å²) < 4.78 is 0. The molecule has 1 aliphatic heterocycles. The third kappa shape index (κ3) is 5.90. The van der Waals surface area contributed by atoms with Crippen LogP contribution in [-0.4, -0.2) is 62.7 Å². The Morgan fingerprint density at radius 1 is 1.24 bits per heavy atom. The molecule has 2 heterocycles. The molecule has 0 spiro atoms. The highest BCUT2D eigenvalue weighted by molar-refractivity contribution is 5.97. The van der Waals surface area contributed by atoms with Crippen LogP contribution < -0.4 is 32.6 Å². The standard InChI is InChI=1S/C20H25N7O6/c1-20(9-23-15-14(27-20)17(31)26-19(21)25-15)8-22-11-4-2-10(3-5-11)16(30)24-12(18(32)33)6-7-13(28)29/h2-5,12,22,27H,6-9H2,1H3,(H,24,30)(H,28,29)(H,32,33)(H4,21,23,25,26,31)/t12?,20-/m0/s1. The molecule has 0 saturated heterocycles. The van der Waals surface area contributed by atoms with E-state index in [1.807, 2.05) is 6.92 Å². The molecule has 2 atom stereocenters. The highest BCUT2D eigenvalue weighted by Crippen LogP contribution is 2.25. The van der Waals surface area contributed by atoms with E-state index in [1.165, 1.54) is 12.1 Å². The van der Waals surface area contributed by atoms with Gasteiger partial charge in [0.05, 0.1) is 5.54 Å². The van der Waals surface area contributed by atoms with Crippen LogP contribution in [0.2, 0.25) is 0 Å². The second-order valence-corrected chi connectivity index (χ2v) is 7.94. The second kappa shape index (κ2) is 9.46. The van der Waals surface area contributed by atoms with Gasteiger partial charge in [-0.25, -0.2) is 4.79 Å². The Morgan fingerprint density at radius 3 is 2.58 bits per heavy atom. The lowest BCUT2D eigenvalue weighted by molar-refractivity contribution is -0.140. The number of nitrogens with one attached hydrogen (secondary N) is 5. The summed E-state index contributed by atoms with van der Waals surface area (Å²) in [5, 5.41) is 29.7. The Bertz CT molecular complexity index is 1120. The van der Waals surface area contributed by atoms with Crippen LogP contribution in [0.15, 0.2) is 29.1 Å². The van der Waals surface area contributed by atoms with Crippen molar-refractivity contribution in [2.45, 2.75) is 31.3 Å². The predicted octanol–water partition coefficient (Wildman–Crippen LogP) is 0.108. The van der Waals surface area contributed by atoms with E-state index >= 15 is 0 Å². The average molecular weight is 459 g/mol. The molecule has 0 radical (unpaired) electrons. The first-order valence-electron chi connectivity index (χ1n) is 10.1. The number of carbonyl (C=O) groups excluding carboxylic acids is 1. The molecule has 0 bridgehead atoms. The van der Waals surface area contributed by atoms with Crippen molar-refractivity contribution in [2.24, 2.45) is 0 Å². The fourth-order valence-corrected chi connectivity index (χ4v) is 3.27. The van der Waals surface area contributed by atoms with Crippen molar-refractivity contribution >= 4 is 41.0 Å². The number of amides is 1. The summed E-state index contributed by atoms with van der Waals surface area (Å²) in [7, 11) is 0. The van der Waals surface area contributed by atoms with Crippen LogP contribution in [0.4, 0.5) is 23.1 Å². The van der Waals surface area contributed by atoms with Gasteiger partial charge < -0.3 is 37.2 Å². The fraction of sp³-hybridized carbons (Fsp3) is 0.350. The molecule has 1 amide bonds. The summed E-state index contributed by atoms with van der Waals surface area (Å²) in [5.41, 5.74) is 5.87. The molecule has 13 heteroatoms. The number of hydrogen-bond acceptors (Lipinski definition) is 9. The minimum Gasteiger partial charge on any atom is -0.481 e. The quantitative estimate of drug-likeness (QED) is 0.252. The zero-order chi connectivity index (χ0) is 24.2. The van der Waals surface area contributed by atoms with Gasteiger partial charge in [-0.3, -0.25) is 19.4 Å². The van der Waals surface area contributed by atoms with Crippen molar-refractivity contribution in [3.63, 3.8) is 0 Å². The Hall–Kier alpha value is -4.29. The number of nitrogens with zero attached hydrogens (tertiary/aromatic N) is 1. The van der Waals surface area contributed by atoms with E-state index in [0.29, 0.717) is 30.3 Å². The Labute approximate surface area is 187 Å². The first-order valence-corrected chi connectivity index (χ1v) is 10.1. The summed E-state index contributed by atoms with van der Waals surface area (Å²) in [6.07, 6.45) is -0.592. The molecule has 0 saturated carbocycles. The van der Waals surface area contributed by atoms with E-state index in [-0.39, 0.29) is 29.9 Å².